The van der Waals surface area contributed by atoms with Gasteiger partial charge in [0.05, 0.1) is 11.7 Å². The largest absolute Gasteiger partial charge is 0.390 e. The first-order chi connectivity index (χ1) is 8.70. The number of rotatable bonds is 2. The fourth-order valence-corrected chi connectivity index (χ4v) is 1.83. The van der Waals surface area contributed by atoms with Gasteiger partial charge in [-0.1, -0.05) is 0 Å². The zero-order valence-electron chi connectivity index (χ0n) is 10.3. The maximum Gasteiger partial charge on any atom is 0.257 e. The molecule has 1 aliphatic rings. The molecule has 7 nitrogen and oxygen atoms in total. The Morgan fingerprint density at radius 2 is 2.28 bits per heavy atom. The van der Waals surface area contributed by atoms with E-state index in [9.17, 15) is 9.90 Å². The van der Waals surface area contributed by atoms with E-state index in [0.717, 1.165) is 0 Å². The van der Waals surface area contributed by atoms with E-state index < -0.39 is 6.10 Å². The van der Waals surface area contributed by atoms with Crippen LogP contribution in [0.15, 0.2) is 12.4 Å². The number of aliphatic hydroxyl groups is 1. The minimum absolute atomic E-state index is 0.152. The van der Waals surface area contributed by atoms with E-state index in [4.69, 9.17) is 0 Å². The van der Waals surface area contributed by atoms with Gasteiger partial charge in [0.2, 0.25) is 5.95 Å². The summed E-state index contributed by atoms with van der Waals surface area (Å²) in [5, 5.41) is 15.5. The minimum atomic E-state index is -0.533. The molecule has 0 bridgehead atoms. The number of carbonyl (C=O) groups is 1. The number of aliphatic hydroxyl groups excluding tert-OH is 1. The normalized spacial score (nSPS) is 20.3. The third-order valence-electron chi connectivity index (χ3n) is 2.78. The van der Waals surface area contributed by atoms with Crippen LogP contribution >= 0.6 is 0 Å². The van der Waals surface area contributed by atoms with Gasteiger partial charge in [-0.25, -0.2) is 9.97 Å². The second kappa shape index (κ2) is 5.74. The number of amides is 1. The number of β-amino-alcohol motifs (C(OH)–C–C–N with tert-alkyl or cyclic N) is 1. The number of nitrogens with one attached hydrogen (secondary N) is 2. The van der Waals surface area contributed by atoms with Gasteiger partial charge in [-0.05, 0) is 0 Å². The van der Waals surface area contributed by atoms with Crippen LogP contribution in [0.5, 0.6) is 0 Å². The number of aromatic nitrogens is 2. The van der Waals surface area contributed by atoms with E-state index in [1.54, 1.807) is 11.9 Å². The van der Waals surface area contributed by atoms with Crippen LogP contribution in [-0.4, -0.2) is 65.2 Å². The Morgan fingerprint density at radius 1 is 1.56 bits per heavy atom. The Morgan fingerprint density at radius 3 is 2.94 bits per heavy atom. The molecule has 18 heavy (non-hydrogen) atoms. The first-order valence-electron chi connectivity index (χ1n) is 5.88. The molecule has 0 aromatic carbocycles. The number of hydrogen-bond donors (Lipinski definition) is 3. The molecule has 1 unspecified atom stereocenters. The minimum Gasteiger partial charge on any atom is -0.390 e. The number of anilines is 1. The monoisotopic (exact) mass is 251 g/mol. The van der Waals surface area contributed by atoms with Gasteiger partial charge in [0.1, 0.15) is 0 Å². The first kappa shape index (κ1) is 12.7. The van der Waals surface area contributed by atoms with Gasteiger partial charge in [-0.2, -0.15) is 0 Å². The van der Waals surface area contributed by atoms with Gasteiger partial charge in [0.25, 0.3) is 5.91 Å². The average Bonchev–Trinajstić information content (AvgIpc) is 2.63. The summed E-state index contributed by atoms with van der Waals surface area (Å²) in [4.78, 5) is 21.8. The molecular weight excluding hydrogens is 234 g/mol. The quantitative estimate of drug-likeness (QED) is 0.620. The summed E-state index contributed by atoms with van der Waals surface area (Å²) < 4.78 is 0. The molecule has 2 heterocycles. The maximum absolute atomic E-state index is 12.2. The lowest BCUT2D eigenvalue weighted by molar-refractivity contribution is 0.0672. The summed E-state index contributed by atoms with van der Waals surface area (Å²) >= 11 is 0. The van der Waals surface area contributed by atoms with E-state index in [-0.39, 0.29) is 5.91 Å². The van der Waals surface area contributed by atoms with Gasteiger partial charge in [0.15, 0.2) is 0 Å². The van der Waals surface area contributed by atoms with E-state index >= 15 is 0 Å². The molecule has 2 rings (SSSR count). The number of hydrogen-bond acceptors (Lipinski definition) is 6. The lowest BCUT2D eigenvalue weighted by Gasteiger charge is -2.21. The van der Waals surface area contributed by atoms with Crippen LogP contribution < -0.4 is 10.6 Å². The highest BCUT2D eigenvalue weighted by Gasteiger charge is 2.21. The van der Waals surface area contributed by atoms with Crippen LogP contribution in [0, 0.1) is 0 Å². The van der Waals surface area contributed by atoms with Gasteiger partial charge >= 0.3 is 0 Å². The van der Waals surface area contributed by atoms with Crippen LogP contribution in [0.25, 0.3) is 0 Å². The molecule has 1 saturated heterocycles. The van der Waals surface area contributed by atoms with E-state index in [0.29, 0.717) is 37.7 Å². The van der Waals surface area contributed by atoms with Gasteiger partial charge < -0.3 is 20.6 Å². The van der Waals surface area contributed by atoms with E-state index in [1.165, 1.54) is 12.4 Å². The highest BCUT2D eigenvalue weighted by Crippen LogP contribution is 2.06. The highest BCUT2D eigenvalue weighted by molar-refractivity contribution is 5.93. The van der Waals surface area contributed by atoms with Crippen molar-refractivity contribution in [2.75, 3.05) is 38.5 Å². The second-order valence-corrected chi connectivity index (χ2v) is 4.15. The van der Waals surface area contributed by atoms with Crippen molar-refractivity contribution in [3.63, 3.8) is 0 Å². The van der Waals surface area contributed by atoms with Crippen molar-refractivity contribution >= 4 is 11.9 Å². The zero-order valence-corrected chi connectivity index (χ0v) is 10.3. The molecule has 0 aliphatic carbocycles. The van der Waals surface area contributed by atoms with E-state index in [2.05, 4.69) is 20.6 Å². The number of nitrogens with zero attached hydrogens (tertiary/aromatic N) is 3. The molecular formula is C11H17N5O2. The summed E-state index contributed by atoms with van der Waals surface area (Å²) in [6, 6.07) is 0. The molecule has 1 amide bonds. The molecule has 0 spiro atoms. The van der Waals surface area contributed by atoms with Crippen LogP contribution in [0.1, 0.15) is 10.4 Å². The Bertz CT molecular complexity index is 408. The van der Waals surface area contributed by atoms with Crippen molar-refractivity contribution in [1.29, 1.82) is 0 Å². The van der Waals surface area contributed by atoms with Crippen LogP contribution in [0.4, 0.5) is 5.95 Å². The predicted octanol–water partition coefficient (Wildman–Crippen LogP) is -1.08. The summed E-state index contributed by atoms with van der Waals surface area (Å²) in [6.45, 7) is 2.10. The average molecular weight is 251 g/mol. The number of carbonyl (C=O) groups excluding carboxylic acids is 1. The van der Waals surface area contributed by atoms with Gasteiger partial charge in [-0.15, -0.1) is 0 Å². The Hall–Kier alpha value is -1.73. The Labute approximate surface area is 105 Å². The summed E-state index contributed by atoms with van der Waals surface area (Å²) in [7, 11) is 1.72. The molecule has 7 heteroatoms. The molecule has 0 radical (unpaired) electrons. The Balaban J connectivity index is 2.08. The molecule has 1 aliphatic heterocycles. The highest BCUT2D eigenvalue weighted by atomic mass is 16.3. The SMILES string of the molecule is CNc1ncc(C(=O)N2CCNCC(O)C2)cn1. The summed E-state index contributed by atoms with van der Waals surface area (Å²) in [5.74, 6) is 0.324. The molecule has 1 atom stereocenters. The molecule has 0 saturated carbocycles. The van der Waals surface area contributed by atoms with E-state index in [1.807, 2.05) is 0 Å². The van der Waals surface area contributed by atoms with Crippen LogP contribution in [0.2, 0.25) is 0 Å². The topological polar surface area (TPSA) is 90.4 Å². The third-order valence-corrected chi connectivity index (χ3v) is 2.78. The van der Waals surface area contributed by atoms with Crippen LogP contribution in [-0.2, 0) is 0 Å². The fourth-order valence-electron chi connectivity index (χ4n) is 1.83. The first-order valence-corrected chi connectivity index (χ1v) is 5.88. The molecule has 98 valence electrons. The van der Waals surface area contributed by atoms with Crippen molar-refractivity contribution in [3.8, 4) is 0 Å². The molecule has 1 aromatic rings. The Kier molecular flexibility index (Phi) is 4.06. The van der Waals surface area contributed by atoms with Crippen LogP contribution in [0.3, 0.4) is 0 Å². The van der Waals surface area contributed by atoms with Crippen molar-refractivity contribution in [2.24, 2.45) is 0 Å². The lowest BCUT2D eigenvalue weighted by atomic mass is 10.2. The standard InChI is InChI=1S/C11H17N5O2/c1-12-11-14-4-8(5-15-11)10(18)16-3-2-13-6-9(17)7-16/h4-5,9,13,17H,2-3,6-7H2,1H3,(H,12,14,15). The molecule has 1 fully saturated rings. The predicted molar refractivity (Wildman–Crippen MR) is 66.4 cm³/mol. The summed E-state index contributed by atoms with van der Waals surface area (Å²) in [6.07, 6.45) is 2.45. The van der Waals surface area contributed by atoms with Crippen molar-refractivity contribution in [3.05, 3.63) is 18.0 Å². The van der Waals surface area contributed by atoms with Gasteiger partial charge in [0, 0.05) is 45.6 Å². The maximum atomic E-state index is 12.2. The smallest absolute Gasteiger partial charge is 0.257 e. The van der Waals surface area contributed by atoms with Crippen molar-refractivity contribution < 1.29 is 9.90 Å². The molecule has 3 N–H and O–H groups in total. The molecule has 1 aromatic heterocycles. The third kappa shape index (κ3) is 2.93. The van der Waals surface area contributed by atoms with Gasteiger partial charge in [-0.3, -0.25) is 4.79 Å². The zero-order chi connectivity index (χ0) is 13.0. The van der Waals surface area contributed by atoms with Crippen molar-refractivity contribution in [1.82, 2.24) is 20.2 Å². The fraction of sp³-hybridized carbons (Fsp3) is 0.545. The lowest BCUT2D eigenvalue weighted by Crippen LogP contribution is -2.37. The summed E-state index contributed by atoms with van der Waals surface area (Å²) in [5.41, 5.74) is 0.433. The second-order valence-electron chi connectivity index (χ2n) is 4.15. The van der Waals surface area contributed by atoms with Crippen molar-refractivity contribution in [2.45, 2.75) is 6.10 Å².